The van der Waals surface area contributed by atoms with E-state index in [-0.39, 0.29) is 48.9 Å². The van der Waals surface area contributed by atoms with E-state index in [1.165, 1.54) is 14.2 Å². The fourth-order valence-corrected chi connectivity index (χ4v) is 8.25. The number of nitrogens with one attached hydrogen (secondary N) is 4. The first kappa shape index (κ1) is 47.3. The Kier molecular flexibility index (Phi) is 16.3. The highest BCUT2D eigenvalue weighted by Crippen LogP contribution is 2.46. The fourth-order valence-electron chi connectivity index (χ4n) is 8.25. The predicted molar refractivity (Wildman–Crippen MR) is 237 cm³/mol. The van der Waals surface area contributed by atoms with Crippen molar-refractivity contribution in [1.29, 1.82) is 0 Å². The molecule has 4 N–H and O–H groups in total. The van der Waals surface area contributed by atoms with Crippen LogP contribution in [0, 0.1) is 11.8 Å². The van der Waals surface area contributed by atoms with Crippen molar-refractivity contribution in [3.05, 3.63) is 60.4 Å². The van der Waals surface area contributed by atoms with Gasteiger partial charge in [-0.05, 0) is 60.8 Å². The number of amides is 4. The summed E-state index contributed by atoms with van der Waals surface area (Å²) in [5, 5.41) is 5.40. The third kappa shape index (κ3) is 10.8. The molecule has 0 saturated carbocycles. The highest BCUT2D eigenvalue weighted by Gasteiger charge is 2.39. The van der Waals surface area contributed by atoms with Crippen molar-refractivity contribution in [1.82, 2.24) is 40.4 Å². The van der Waals surface area contributed by atoms with Crippen LogP contribution < -0.4 is 20.1 Å². The summed E-state index contributed by atoms with van der Waals surface area (Å²) in [6.45, 7) is 9.80. The number of imidazole rings is 2. The van der Waals surface area contributed by atoms with E-state index in [2.05, 4.69) is 20.6 Å². The van der Waals surface area contributed by atoms with Gasteiger partial charge in [-0.2, -0.15) is 0 Å². The summed E-state index contributed by atoms with van der Waals surface area (Å²) < 4.78 is 33.2. The predicted octanol–water partition coefficient (Wildman–Crippen LogP) is 6.27. The highest BCUT2D eigenvalue weighted by molar-refractivity contribution is 5.87. The number of benzene rings is 2. The number of rotatable bonds is 19. The molecule has 2 aliphatic rings. The quantitative estimate of drug-likeness (QED) is 0.0768. The normalized spacial score (nSPS) is 17.1. The highest BCUT2D eigenvalue weighted by atomic mass is 16.6. The van der Waals surface area contributed by atoms with Crippen LogP contribution in [0.15, 0.2) is 48.8 Å². The third-order valence-electron chi connectivity index (χ3n) is 11.7. The molecule has 64 heavy (non-hydrogen) atoms. The van der Waals surface area contributed by atoms with Crippen molar-refractivity contribution in [3.8, 4) is 45.1 Å². The lowest BCUT2D eigenvalue weighted by Crippen LogP contribution is -2.51. The molecule has 4 atom stereocenters. The molecule has 2 aromatic heterocycles. The first-order chi connectivity index (χ1) is 30.9. The van der Waals surface area contributed by atoms with Crippen molar-refractivity contribution in [3.63, 3.8) is 0 Å². The van der Waals surface area contributed by atoms with E-state index in [1.54, 1.807) is 36.4 Å². The Hall–Kier alpha value is -6.14. The van der Waals surface area contributed by atoms with Gasteiger partial charge in [-0.25, -0.2) is 19.6 Å². The minimum Gasteiger partial charge on any atom is -0.487 e. The van der Waals surface area contributed by atoms with Crippen LogP contribution in [0.1, 0.15) is 77.1 Å². The lowest BCUT2D eigenvalue weighted by molar-refractivity contribution is -0.136. The molecule has 0 aliphatic carbocycles. The van der Waals surface area contributed by atoms with Crippen molar-refractivity contribution in [2.45, 2.75) is 77.5 Å². The van der Waals surface area contributed by atoms with Gasteiger partial charge in [0.1, 0.15) is 36.9 Å². The summed E-state index contributed by atoms with van der Waals surface area (Å²) in [4.78, 5) is 71.7. The van der Waals surface area contributed by atoms with E-state index in [4.69, 9.17) is 38.4 Å². The molecule has 18 nitrogen and oxygen atoms in total. The number of nitrogens with zero attached hydrogens (tertiary/aromatic N) is 4. The number of methoxy groups -OCH3 is 4. The van der Waals surface area contributed by atoms with Gasteiger partial charge in [0.15, 0.2) is 11.5 Å². The van der Waals surface area contributed by atoms with Crippen LogP contribution in [-0.2, 0) is 28.5 Å². The Morgan fingerprint density at radius 2 is 1.06 bits per heavy atom. The molecule has 4 amide bonds. The molecule has 0 bridgehead atoms. The Morgan fingerprint density at radius 1 is 0.625 bits per heavy atom. The van der Waals surface area contributed by atoms with Gasteiger partial charge < -0.3 is 58.8 Å². The van der Waals surface area contributed by atoms with Gasteiger partial charge in [-0.3, -0.25) is 9.59 Å². The maximum absolute atomic E-state index is 13.8. The van der Waals surface area contributed by atoms with Crippen LogP contribution >= 0.6 is 0 Å². The number of carbonyl (C=O) groups is 4. The zero-order valence-electron chi connectivity index (χ0n) is 38.0. The number of carbonyl (C=O) groups excluding carboxylic acids is 4. The second kappa shape index (κ2) is 22.0. The Balaban J connectivity index is 1.28. The molecule has 0 spiro atoms. The molecule has 2 saturated heterocycles. The third-order valence-corrected chi connectivity index (χ3v) is 11.7. The van der Waals surface area contributed by atoms with Gasteiger partial charge in [0.2, 0.25) is 11.8 Å². The molecule has 18 heteroatoms. The Morgan fingerprint density at radius 3 is 1.53 bits per heavy atom. The Labute approximate surface area is 374 Å². The van der Waals surface area contributed by atoms with Crippen molar-refractivity contribution < 1.29 is 47.6 Å². The zero-order chi connectivity index (χ0) is 45.9. The van der Waals surface area contributed by atoms with Crippen molar-refractivity contribution in [2.24, 2.45) is 11.8 Å². The van der Waals surface area contributed by atoms with Crippen molar-refractivity contribution in [2.75, 3.05) is 68.0 Å². The Bertz CT molecular complexity index is 2210. The largest absolute Gasteiger partial charge is 0.487 e. The molecule has 4 heterocycles. The number of H-pyrrole nitrogens is 2. The van der Waals surface area contributed by atoms with Crippen LogP contribution in [-0.4, -0.2) is 134 Å². The lowest BCUT2D eigenvalue weighted by Gasteiger charge is -2.30. The van der Waals surface area contributed by atoms with Gasteiger partial charge in [-0.1, -0.05) is 52.0 Å². The second-order valence-corrected chi connectivity index (χ2v) is 16.5. The molecule has 4 aromatic rings. The second-order valence-electron chi connectivity index (χ2n) is 16.5. The number of ether oxygens (including phenoxy) is 6. The van der Waals surface area contributed by atoms with E-state index in [1.807, 2.05) is 64.1 Å². The summed E-state index contributed by atoms with van der Waals surface area (Å²) in [6, 6.07) is 9.87. The number of aromatic nitrogens is 4. The number of hydrogen-bond acceptors (Lipinski definition) is 12. The number of hydrogen-bond donors (Lipinski definition) is 4. The zero-order valence-corrected chi connectivity index (χ0v) is 38.0. The van der Waals surface area contributed by atoms with E-state index in [9.17, 15) is 19.2 Å². The molecular weight excluding hydrogens is 825 g/mol. The van der Waals surface area contributed by atoms with Gasteiger partial charge in [0.05, 0.1) is 63.3 Å². The van der Waals surface area contributed by atoms with E-state index >= 15 is 0 Å². The van der Waals surface area contributed by atoms with Gasteiger partial charge in [0.25, 0.3) is 0 Å². The van der Waals surface area contributed by atoms with Crippen LogP contribution in [0.5, 0.6) is 11.5 Å². The first-order valence-electron chi connectivity index (χ1n) is 21.8. The minimum atomic E-state index is -0.754. The first-order valence-corrected chi connectivity index (χ1v) is 21.8. The molecule has 6 rings (SSSR count). The lowest BCUT2D eigenvalue weighted by atomic mass is 9.98. The number of aromatic amines is 2. The topological polar surface area (TPSA) is 212 Å². The summed E-state index contributed by atoms with van der Waals surface area (Å²) in [7, 11) is 5.78. The van der Waals surface area contributed by atoms with Gasteiger partial charge in [-0.15, -0.1) is 0 Å². The molecule has 0 radical (unpaired) electrons. The molecule has 2 fully saturated rings. The van der Waals surface area contributed by atoms with Gasteiger partial charge >= 0.3 is 12.2 Å². The molecular formula is C46H62N8O10. The standard InChI is InChI=1S/C46H62N8O10/c1-27(2)37(51-45(57)61-7)43(55)53-19-9-11-35(53)41-47-25-33(49-41)30-15-13-29(14-16-30)31-17-18-32(40(64-24-22-60-6)39(31)63-23-21-59-5)34-26-48-42(50-34)36-12-10-20-54(36)44(56)38(28(3)4)52-46(58)62-8/h13-18,25-28,35-38H,9-12,19-24H2,1-8H3,(H,47,49)(H,48,50)(H,51,57)(H,52,58)/t35-,36-,37-,38-/m0/s1. The van der Waals surface area contributed by atoms with Crippen LogP contribution in [0.2, 0.25) is 0 Å². The van der Waals surface area contributed by atoms with Crippen LogP contribution in [0.25, 0.3) is 33.6 Å². The van der Waals surface area contributed by atoms with E-state index in [0.29, 0.717) is 67.1 Å². The monoisotopic (exact) mass is 886 g/mol. The maximum Gasteiger partial charge on any atom is 0.407 e. The summed E-state index contributed by atoms with van der Waals surface area (Å²) >= 11 is 0. The molecule has 346 valence electrons. The van der Waals surface area contributed by atoms with Crippen molar-refractivity contribution >= 4 is 24.0 Å². The average Bonchev–Trinajstić information content (AvgIpc) is 4.14. The van der Waals surface area contributed by atoms with Crippen LogP contribution in [0.3, 0.4) is 0 Å². The van der Waals surface area contributed by atoms with Gasteiger partial charge in [0, 0.05) is 38.4 Å². The number of likely N-dealkylation sites (tertiary alicyclic amines) is 2. The minimum absolute atomic E-state index is 0.138. The average molecular weight is 887 g/mol. The summed E-state index contributed by atoms with van der Waals surface area (Å²) in [5.41, 5.74) is 4.72. The smallest absolute Gasteiger partial charge is 0.407 e. The SMILES string of the molecule is COCCOc1c(-c2ccc(-c3cnc([C@@H]4CCCN4C(=O)[C@@H](NC(=O)OC)C(C)C)[nH]3)cc2)ccc(-c2cnc([C@@H]3CCCN3C(=O)[C@@H](NC(=O)OC)C(C)C)[nH]2)c1OCCOC. The number of alkyl carbamates (subject to hydrolysis) is 2. The summed E-state index contributed by atoms with van der Waals surface area (Å²) in [6.07, 6.45) is 5.24. The maximum atomic E-state index is 13.8. The summed E-state index contributed by atoms with van der Waals surface area (Å²) in [5.74, 6) is 1.64. The fraction of sp³-hybridized carbons (Fsp3) is 0.522. The molecule has 2 aromatic carbocycles. The molecule has 2 aliphatic heterocycles. The van der Waals surface area contributed by atoms with E-state index in [0.717, 1.165) is 41.6 Å². The van der Waals surface area contributed by atoms with Crippen LogP contribution in [0.4, 0.5) is 9.59 Å². The van der Waals surface area contributed by atoms with E-state index < -0.39 is 24.3 Å². The molecule has 0 unspecified atom stereocenters.